The maximum atomic E-state index is 13.7. The van der Waals surface area contributed by atoms with Crippen LogP contribution in [-0.4, -0.2) is 54.0 Å². The molecule has 1 unspecified atom stereocenters. The number of nitrogens with two attached hydrogens (primary N) is 1. The van der Waals surface area contributed by atoms with Gasteiger partial charge >= 0.3 is 6.03 Å². The average molecular weight is 322 g/mol. The molecule has 1 atom stereocenters. The number of carbonyl (C=O) groups is 2. The normalized spacial score (nSPS) is 17.6. The van der Waals surface area contributed by atoms with Gasteiger partial charge in [0, 0.05) is 24.8 Å². The third-order valence-electron chi connectivity index (χ3n) is 4.27. The number of benzene rings is 1. The summed E-state index contributed by atoms with van der Waals surface area (Å²) in [4.78, 5) is 27.3. The van der Waals surface area contributed by atoms with Crippen molar-refractivity contribution in [1.82, 2.24) is 9.80 Å². The van der Waals surface area contributed by atoms with Gasteiger partial charge in [-0.05, 0) is 37.7 Å². The third kappa shape index (κ3) is 3.98. The Bertz CT molecular complexity index is 589. The lowest BCUT2D eigenvalue weighted by Crippen LogP contribution is -2.39. The SMILES string of the molecule is CCN(CC)C1CCN(C(=O)Nc2ccc(C(N)=O)c(F)c2)C1. The number of anilines is 1. The topological polar surface area (TPSA) is 78.7 Å². The van der Waals surface area contributed by atoms with Crippen LogP contribution in [-0.2, 0) is 0 Å². The highest BCUT2D eigenvalue weighted by molar-refractivity contribution is 5.94. The van der Waals surface area contributed by atoms with E-state index in [1.165, 1.54) is 12.1 Å². The van der Waals surface area contributed by atoms with Gasteiger partial charge in [-0.2, -0.15) is 0 Å². The Labute approximate surface area is 135 Å². The van der Waals surface area contributed by atoms with Crippen molar-refractivity contribution in [2.24, 2.45) is 5.73 Å². The zero-order chi connectivity index (χ0) is 17.0. The molecule has 0 spiro atoms. The van der Waals surface area contributed by atoms with Crippen LogP contribution in [0.3, 0.4) is 0 Å². The maximum Gasteiger partial charge on any atom is 0.321 e. The highest BCUT2D eigenvalue weighted by Crippen LogP contribution is 2.18. The molecule has 0 radical (unpaired) electrons. The van der Waals surface area contributed by atoms with E-state index in [0.717, 1.165) is 25.6 Å². The van der Waals surface area contributed by atoms with Gasteiger partial charge in [0.1, 0.15) is 5.82 Å². The van der Waals surface area contributed by atoms with E-state index in [4.69, 9.17) is 5.73 Å². The number of likely N-dealkylation sites (tertiary alicyclic amines) is 1. The predicted molar refractivity (Wildman–Crippen MR) is 86.8 cm³/mol. The molecule has 3 amide bonds. The van der Waals surface area contributed by atoms with Crippen molar-refractivity contribution in [3.05, 3.63) is 29.6 Å². The maximum absolute atomic E-state index is 13.7. The summed E-state index contributed by atoms with van der Waals surface area (Å²) >= 11 is 0. The van der Waals surface area contributed by atoms with Gasteiger partial charge in [-0.15, -0.1) is 0 Å². The van der Waals surface area contributed by atoms with Crippen LogP contribution in [0.25, 0.3) is 0 Å². The summed E-state index contributed by atoms with van der Waals surface area (Å²) < 4.78 is 13.7. The minimum atomic E-state index is -0.831. The van der Waals surface area contributed by atoms with Gasteiger partial charge in [0.15, 0.2) is 0 Å². The van der Waals surface area contributed by atoms with E-state index in [0.29, 0.717) is 24.8 Å². The zero-order valence-corrected chi connectivity index (χ0v) is 13.5. The van der Waals surface area contributed by atoms with Crippen LogP contribution in [0.1, 0.15) is 30.6 Å². The van der Waals surface area contributed by atoms with Crippen molar-refractivity contribution < 1.29 is 14.0 Å². The Morgan fingerprint density at radius 3 is 2.65 bits per heavy atom. The van der Waals surface area contributed by atoms with Crippen LogP contribution >= 0.6 is 0 Å². The van der Waals surface area contributed by atoms with E-state index in [1.54, 1.807) is 4.90 Å². The molecule has 1 heterocycles. The first-order valence-corrected chi connectivity index (χ1v) is 7.85. The van der Waals surface area contributed by atoms with E-state index in [9.17, 15) is 14.0 Å². The van der Waals surface area contributed by atoms with Gasteiger partial charge in [0.05, 0.1) is 5.56 Å². The number of halogens is 1. The smallest absolute Gasteiger partial charge is 0.321 e. The quantitative estimate of drug-likeness (QED) is 0.868. The number of rotatable bonds is 5. The Hall–Kier alpha value is -2.15. The van der Waals surface area contributed by atoms with E-state index >= 15 is 0 Å². The van der Waals surface area contributed by atoms with Crippen LogP contribution in [0.4, 0.5) is 14.9 Å². The van der Waals surface area contributed by atoms with E-state index in [-0.39, 0.29) is 11.6 Å². The first-order chi connectivity index (χ1) is 11.0. The monoisotopic (exact) mass is 322 g/mol. The van der Waals surface area contributed by atoms with Gasteiger partial charge in [-0.25, -0.2) is 9.18 Å². The summed E-state index contributed by atoms with van der Waals surface area (Å²) in [6, 6.07) is 3.96. The lowest BCUT2D eigenvalue weighted by atomic mass is 10.2. The fraction of sp³-hybridized carbons (Fsp3) is 0.500. The highest BCUT2D eigenvalue weighted by Gasteiger charge is 2.29. The summed E-state index contributed by atoms with van der Waals surface area (Å²) in [7, 11) is 0. The molecule has 6 nitrogen and oxygen atoms in total. The number of urea groups is 1. The van der Waals surface area contributed by atoms with Crippen LogP contribution in [0.2, 0.25) is 0 Å². The van der Waals surface area contributed by atoms with Gasteiger partial charge in [-0.3, -0.25) is 9.69 Å². The van der Waals surface area contributed by atoms with Crippen LogP contribution in [0, 0.1) is 5.82 Å². The molecule has 0 bridgehead atoms. The molecule has 2 rings (SSSR count). The van der Waals surface area contributed by atoms with Crippen molar-refractivity contribution in [3.63, 3.8) is 0 Å². The Morgan fingerprint density at radius 1 is 1.39 bits per heavy atom. The Kier molecular flexibility index (Phi) is 5.54. The molecule has 126 valence electrons. The van der Waals surface area contributed by atoms with Gasteiger partial charge in [0.25, 0.3) is 5.91 Å². The van der Waals surface area contributed by atoms with Crippen LogP contribution < -0.4 is 11.1 Å². The number of hydrogen-bond acceptors (Lipinski definition) is 3. The second-order valence-corrected chi connectivity index (χ2v) is 5.60. The summed E-state index contributed by atoms with van der Waals surface area (Å²) in [5.41, 5.74) is 5.18. The molecular weight excluding hydrogens is 299 g/mol. The summed E-state index contributed by atoms with van der Waals surface area (Å²) in [6.45, 7) is 7.46. The van der Waals surface area contributed by atoms with Crippen molar-refractivity contribution >= 4 is 17.6 Å². The zero-order valence-electron chi connectivity index (χ0n) is 13.5. The molecule has 1 aliphatic heterocycles. The molecule has 3 N–H and O–H groups in total. The number of nitrogens with zero attached hydrogens (tertiary/aromatic N) is 2. The minimum Gasteiger partial charge on any atom is -0.366 e. The average Bonchev–Trinajstić information content (AvgIpc) is 2.98. The molecule has 1 fully saturated rings. The number of carbonyl (C=O) groups excluding carboxylic acids is 2. The van der Waals surface area contributed by atoms with Crippen molar-refractivity contribution in [1.29, 1.82) is 0 Å². The van der Waals surface area contributed by atoms with Crippen molar-refractivity contribution in [2.75, 3.05) is 31.5 Å². The summed E-state index contributed by atoms with van der Waals surface area (Å²) in [5.74, 6) is -1.57. The highest BCUT2D eigenvalue weighted by atomic mass is 19.1. The van der Waals surface area contributed by atoms with E-state index < -0.39 is 11.7 Å². The van der Waals surface area contributed by atoms with Crippen LogP contribution in [0.5, 0.6) is 0 Å². The molecule has 0 aliphatic carbocycles. The standard InChI is InChI=1S/C16H23FN4O2/c1-3-20(4-2)12-7-8-21(10-12)16(23)19-11-5-6-13(15(18)22)14(17)9-11/h5-6,9,12H,3-4,7-8,10H2,1-2H3,(H2,18,22)(H,19,23). The summed E-state index contributed by atoms with van der Waals surface area (Å²) in [6.07, 6.45) is 0.935. The number of nitrogens with one attached hydrogen (secondary N) is 1. The first-order valence-electron chi connectivity index (χ1n) is 7.85. The lowest BCUT2D eigenvalue weighted by molar-refractivity contribution is 0.0996. The first kappa shape index (κ1) is 17.2. The molecular formula is C16H23FN4O2. The van der Waals surface area contributed by atoms with Crippen molar-refractivity contribution in [3.8, 4) is 0 Å². The fourth-order valence-electron chi connectivity index (χ4n) is 2.96. The lowest BCUT2D eigenvalue weighted by Gasteiger charge is -2.26. The van der Waals surface area contributed by atoms with E-state index in [2.05, 4.69) is 24.1 Å². The van der Waals surface area contributed by atoms with Crippen LogP contribution in [0.15, 0.2) is 18.2 Å². The minimum absolute atomic E-state index is 0.189. The van der Waals surface area contributed by atoms with Gasteiger partial charge < -0.3 is 16.0 Å². The number of hydrogen-bond donors (Lipinski definition) is 2. The van der Waals surface area contributed by atoms with Gasteiger partial charge in [-0.1, -0.05) is 13.8 Å². The number of amides is 3. The molecule has 0 aromatic heterocycles. The molecule has 1 aliphatic rings. The Balaban J connectivity index is 1.98. The van der Waals surface area contributed by atoms with Crippen molar-refractivity contribution in [2.45, 2.75) is 26.3 Å². The Morgan fingerprint density at radius 2 is 2.09 bits per heavy atom. The van der Waals surface area contributed by atoms with E-state index in [1.807, 2.05) is 0 Å². The molecule has 1 aromatic rings. The molecule has 0 saturated carbocycles. The number of primary amides is 1. The second kappa shape index (κ2) is 7.41. The molecule has 1 aromatic carbocycles. The largest absolute Gasteiger partial charge is 0.366 e. The van der Waals surface area contributed by atoms with Gasteiger partial charge in [0.2, 0.25) is 0 Å². The molecule has 23 heavy (non-hydrogen) atoms. The molecule has 7 heteroatoms. The fourth-order valence-corrected chi connectivity index (χ4v) is 2.96. The summed E-state index contributed by atoms with van der Waals surface area (Å²) in [5, 5.41) is 2.66. The predicted octanol–water partition coefficient (Wildman–Crippen LogP) is 1.87. The third-order valence-corrected chi connectivity index (χ3v) is 4.27. The second-order valence-electron chi connectivity index (χ2n) is 5.60. The number of likely N-dealkylation sites (N-methyl/N-ethyl adjacent to an activating group) is 1. The molecule has 1 saturated heterocycles.